The van der Waals surface area contributed by atoms with E-state index >= 15 is 0 Å². The quantitative estimate of drug-likeness (QED) is 0.680. The molecule has 0 spiro atoms. The average Bonchev–Trinajstić information content (AvgIpc) is 2.00. The van der Waals surface area contributed by atoms with Gasteiger partial charge in [-0.2, -0.15) is 0 Å². The summed E-state index contributed by atoms with van der Waals surface area (Å²) in [5, 5.41) is 8.78. The number of aryl methyl sites for hydroxylation is 1. The molecule has 0 aliphatic carbocycles. The highest BCUT2D eigenvalue weighted by atomic mass is 27.0. The topological polar surface area (TPSA) is 37.3 Å². The van der Waals surface area contributed by atoms with E-state index in [1.807, 2.05) is 26.8 Å². The molecule has 0 unspecified atom stereocenters. The molecule has 0 aromatic heterocycles. The van der Waals surface area contributed by atoms with Crippen molar-refractivity contribution in [3.63, 3.8) is 0 Å². The van der Waals surface area contributed by atoms with E-state index in [4.69, 9.17) is 5.11 Å². The predicted octanol–water partition coefficient (Wildman–Crippen LogP) is 1.13. The first kappa shape index (κ1) is 12.2. The van der Waals surface area contributed by atoms with Crippen molar-refractivity contribution in [1.82, 2.24) is 0 Å². The molecule has 1 aromatic rings. The van der Waals surface area contributed by atoms with E-state index in [1.54, 1.807) is 6.07 Å². The van der Waals surface area contributed by atoms with Crippen molar-refractivity contribution in [3.05, 3.63) is 34.4 Å². The normalized spacial score (nSPS) is 9.15. The Hall–Kier alpha value is -0.778. The maximum atomic E-state index is 10.7. The first-order valence-corrected chi connectivity index (χ1v) is 3.84. The highest BCUT2D eigenvalue weighted by Crippen LogP contribution is 2.16. The second-order valence-electron chi connectivity index (χ2n) is 2.99. The van der Waals surface area contributed by atoms with Crippen molar-refractivity contribution in [1.29, 1.82) is 0 Å². The molecule has 1 rings (SSSR count). The molecule has 0 atom stereocenters. The Balaban J connectivity index is 0.00000144. The highest BCUT2D eigenvalue weighted by Gasteiger charge is 2.08. The smallest absolute Gasteiger partial charge is 0.335 e. The number of hydrogen-bond acceptors (Lipinski definition) is 1. The molecule has 0 heterocycles. The molecule has 13 heavy (non-hydrogen) atoms. The van der Waals surface area contributed by atoms with Gasteiger partial charge in [-0.25, -0.2) is 4.79 Å². The number of aromatic carboxylic acids is 1. The van der Waals surface area contributed by atoms with Crippen molar-refractivity contribution in [2.45, 2.75) is 20.8 Å². The Morgan fingerprint density at radius 2 is 1.69 bits per heavy atom. The summed E-state index contributed by atoms with van der Waals surface area (Å²) in [5.41, 5.74) is 3.47. The summed E-state index contributed by atoms with van der Waals surface area (Å²) in [7, 11) is 0. The van der Waals surface area contributed by atoms with Crippen LogP contribution in [-0.4, -0.2) is 28.4 Å². The molecule has 1 N–H and O–H groups in total. The lowest BCUT2D eigenvalue weighted by molar-refractivity contribution is 0.0696. The van der Waals surface area contributed by atoms with Crippen molar-refractivity contribution < 1.29 is 9.90 Å². The molecular weight excluding hydrogens is 179 g/mol. The number of carboxylic acid groups (broad SMARTS) is 1. The molecule has 0 bridgehead atoms. The van der Waals surface area contributed by atoms with Crippen molar-refractivity contribution in [3.8, 4) is 0 Å². The van der Waals surface area contributed by atoms with E-state index < -0.39 is 5.97 Å². The van der Waals surface area contributed by atoms with Gasteiger partial charge in [-0.1, -0.05) is 6.07 Å². The van der Waals surface area contributed by atoms with Crippen molar-refractivity contribution in [2.75, 3.05) is 0 Å². The van der Waals surface area contributed by atoms with Crippen LogP contribution in [0, 0.1) is 20.8 Å². The summed E-state index contributed by atoms with van der Waals surface area (Å²) in [6.45, 7) is 5.76. The molecule has 0 saturated heterocycles. The summed E-state index contributed by atoms with van der Waals surface area (Å²) in [5.74, 6) is -0.851. The molecule has 0 amide bonds. The monoisotopic (exact) mass is 194 g/mol. The van der Waals surface area contributed by atoms with Crippen LogP contribution in [0.2, 0.25) is 0 Å². The Labute approximate surface area is 88.7 Å². The molecule has 70 valence electrons. The lowest BCUT2D eigenvalue weighted by atomic mass is 9.99. The van der Waals surface area contributed by atoms with Crippen LogP contribution in [0.4, 0.5) is 0 Å². The molecule has 2 nitrogen and oxygen atoms in total. The minimum Gasteiger partial charge on any atom is -0.478 e. The summed E-state index contributed by atoms with van der Waals surface area (Å²) < 4.78 is 0. The number of hydrogen-bond donors (Lipinski definition) is 1. The molecule has 3 heteroatoms. The maximum absolute atomic E-state index is 10.7. The SMILES string of the molecule is Cc1ccc(C(=O)O)c(C)c1C.[AlH3]. The number of rotatable bonds is 1. The van der Waals surface area contributed by atoms with Crippen LogP contribution >= 0.6 is 0 Å². The van der Waals surface area contributed by atoms with E-state index in [-0.39, 0.29) is 17.4 Å². The fourth-order valence-corrected chi connectivity index (χ4v) is 1.19. The van der Waals surface area contributed by atoms with Crippen LogP contribution < -0.4 is 0 Å². The van der Waals surface area contributed by atoms with E-state index in [0.29, 0.717) is 5.56 Å². The first-order chi connectivity index (χ1) is 5.54. The van der Waals surface area contributed by atoms with Gasteiger partial charge in [0.2, 0.25) is 0 Å². The molecule has 0 aliphatic rings. The zero-order valence-electron chi connectivity index (χ0n) is 7.51. The summed E-state index contributed by atoms with van der Waals surface area (Å²) in [6.07, 6.45) is 0. The van der Waals surface area contributed by atoms with Gasteiger partial charge in [0.25, 0.3) is 0 Å². The van der Waals surface area contributed by atoms with Gasteiger partial charge in [-0.05, 0) is 43.5 Å². The summed E-state index contributed by atoms with van der Waals surface area (Å²) >= 11 is 0. The fraction of sp³-hybridized carbons (Fsp3) is 0.300. The predicted molar refractivity (Wildman–Crippen MR) is 57.6 cm³/mol. The Kier molecular flexibility index (Phi) is 4.19. The largest absolute Gasteiger partial charge is 0.478 e. The second kappa shape index (κ2) is 4.46. The van der Waals surface area contributed by atoms with Gasteiger partial charge in [0.15, 0.2) is 17.4 Å². The lowest BCUT2D eigenvalue weighted by Crippen LogP contribution is -2.01. The van der Waals surface area contributed by atoms with Gasteiger partial charge in [0.05, 0.1) is 5.56 Å². The summed E-state index contributed by atoms with van der Waals surface area (Å²) in [4.78, 5) is 10.7. The van der Waals surface area contributed by atoms with Gasteiger partial charge < -0.3 is 5.11 Å². The third-order valence-electron chi connectivity index (χ3n) is 2.29. The highest BCUT2D eigenvalue weighted by molar-refractivity contribution is 5.89. The van der Waals surface area contributed by atoms with Gasteiger partial charge in [0.1, 0.15) is 0 Å². The number of benzene rings is 1. The third-order valence-corrected chi connectivity index (χ3v) is 2.29. The van der Waals surface area contributed by atoms with Gasteiger partial charge in [0, 0.05) is 0 Å². The third kappa shape index (κ3) is 2.33. The van der Waals surface area contributed by atoms with E-state index in [2.05, 4.69) is 0 Å². The van der Waals surface area contributed by atoms with Crippen molar-refractivity contribution in [2.24, 2.45) is 0 Å². The molecule has 0 fully saturated rings. The Bertz CT molecular complexity index is 332. The van der Waals surface area contributed by atoms with E-state index in [1.165, 1.54) is 0 Å². The molecule has 1 aromatic carbocycles. The minimum atomic E-state index is -0.851. The Morgan fingerprint density at radius 1 is 1.15 bits per heavy atom. The lowest BCUT2D eigenvalue weighted by Gasteiger charge is -2.06. The number of carbonyl (C=O) groups is 1. The Morgan fingerprint density at radius 3 is 2.15 bits per heavy atom. The van der Waals surface area contributed by atoms with Crippen LogP contribution in [0.3, 0.4) is 0 Å². The number of carboxylic acids is 1. The second-order valence-corrected chi connectivity index (χ2v) is 2.99. The molecule has 0 radical (unpaired) electrons. The van der Waals surface area contributed by atoms with Gasteiger partial charge in [-0.3, -0.25) is 0 Å². The van der Waals surface area contributed by atoms with E-state index in [9.17, 15) is 4.79 Å². The van der Waals surface area contributed by atoms with Crippen LogP contribution in [-0.2, 0) is 0 Å². The van der Waals surface area contributed by atoms with E-state index in [0.717, 1.165) is 16.7 Å². The minimum absolute atomic E-state index is 0. The first-order valence-electron chi connectivity index (χ1n) is 3.84. The maximum Gasteiger partial charge on any atom is 0.335 e. The van der Waals surface area contributed by atoms with Crippen molar-refractivity contribution >= 4 is 23.3 Å². The average molecular weight is 194 g/mol. The summed E-state index contributed by atoms with van der Waals surface area (Å²) in [6, 6.07) is 3.49. The molecular formula is C10H15AlO2. The molecule has 0 saturated carbocycles. The zero-order valence-corrected chi connectivity index (χ0v) is 7.51. The van der Waals surface area contributed by atoms with Crippen LogP contribution in [0.25, 0.3) is 0 Å². The standard InChI is InChI=1S/C10H12O2.Al.3H/c1-6-4-5-9(10(11)12)8(3)7(6)2;;;;/h4-5H,1-3H3,(H,11,12);;;;. The van der Waals surface area contributed by atoms with Crippen LogP contribution in [0.5, 0.6) is 0 Å². The zero-order chi connectivity index (χ0) is 9.30. The van der Waals surface area contributed by atoms with Crippen LogP contribution in [0.15, 0.2) is 12.1 Å². The van der Waals surface area contributed by atoms with Gasteiger partial charge in [-0.15, -0.1) is 0 Å². The fourth-order valence-electron chi connectivity index (χ4n) is 1.19. The van der Waals surface area contributed by atoms with Crippen LogP contribution in [0.1, 0.15) is 27.0 Å². The van der Waals surface area contributed by atoms with Gasteiger partial charge >= 0.3 is 5.97 Å². The molecule has 0 aliphatic heterocycles.